The van der Waals surface area contributed by atoms with Gasteiger partial charge in [0.25, 0.3) is 0 Å². The van der Waals surface area contributed by atoms with Crippen LogP contribution in [0.4, 0.5) is 0 Å². The van der Waals surface area contributed by atoms with Gasteiger partial charge in [-0.1, -0.05) is 0 Å². The highest BCUT2D eigenvalue weighted by molar-refractivity contribution is 5.76. The monoisotopic (exact) mass is 498 g/mol. The Labute approximate surface area is 196 Å². The number of hydrogen-bond donors (Lipinski definition) is 12. The molecule has 0 aromatic rings. The van der Waals surface area contributed by atoms with Gasteiger partial charge in [-0.25, -0.2) is 0 Å². The molecule has 18 nitrogen and oxygen atoms in total. The topological polar surface area (TPSA) is 382 Å². The molecular weight excluding hydrogens is 460 g/mol. The molecule has 20 N–H and O–H groups in total. The normalized spacial score (nSPS) is 10.7. The Morgan fingerprint density at radius 2 is 0.853 bits per heavy atom. The van der Waals surface area contributed by atoms with E-state index in [0.29, 0.717) is 38.8 Å². The standard InChI is InChI=1S/2C6H14N4O2.2C2H5NO2/c2*7-4(5(11)12)2-1-3-10-6(8)9;2*3-1-2(4)5/h2*4H,1-3,7H2,(H,11,12)(H4,8,9,10);2*1,3H2,(H,4,5). The number of carbonyl (C=O) groups is 4. The number of aliphatic imine (C=N–C) groups is 2. The predicted molar refractivity (Wildman–Crippen MR) is 124 cm³/mol. The van der Waals surface area contributed by atoms with Crippen molar-refractivity contribution < 1.29 is 39.6 Å². The molecular formula is C16H38N10O8. The van der Waals surface area contributed by atoms with Gasteiger partial charge in [0, 0.05) is 13.1 Å². The summed E-state index contributed by atoms with van der Waals surface area (Å²) in [6, 6.07) is -1.64. The number of rotatable bonds is 12. The maximum absolute atomic E-state index is 10.2. The second-order valence-corrected chi connectivity index (χ2v) is 5.98. The van der Waals surface area contributed by atoms with Crippen molar-refractivity contribution in [1.29, 1.82) is 0 Å². The number of nitrogens with zero attached hydrogens (tertiary/aromatic N) is 2. The van der Waals surface area contributed by atoms with Crippen molar-refractivity contribution >= 4 is 35.8 Å². The van der Waals surface area contributed by atoms with Crippen LogP contribution in [0.25, 0.3) is 0 Å². The molecule has 0 spiro atoms. The fourth-order valence-electron chi connectivity index (χ4n) is 1.29. The highest BCUT2D eigenvalue weighted by Crippen LogP contribution is 1.95. The summed E-state index contributed by atoms with van der Waals surface area (Å²) in [4.78, 5) is 46.3. The molecule has 18 heteroatoms. The molecule has 0 bridgehead atoms. The molecule has 0 fully saturated rings. The van der Waals surface area contributed by atoms with E-state index in [1.807, 2.05) is 0 Å². The minimum atomic E-state index is -1.00. The third kappa shape index (κ3) is 42.4. The molecule has 0 aliphatic carbocycles. The van der Waals surface area contributed by atoms with Gasteiger partial charge in [0.05, 0.1) is 13.1 Å². The molecule has 0 radical (unpaired) electrons. The number of nitrogens with two attached hydrogens (primary N) is 8. The molecule has 0 aliphatic rings. The molecule has 0 aromatic heterocycles. The minimum absolute atomic E-state index is 0.0129. The summed E-state index contributed by atoms with van der Waals surface area (Å²) in [6.07, 6.45) is 1.91. The fourth-order valence-corrected chi connectivity index (χ4v) is 1.29. The highest BCUT2D eigenvalue weighted by atomic mass is 16.4. The summed E-state index contributed by atoms with van der Waals surface area (Å²) in [5.74, 6) is -3.91. The van der Waals surface area contributed by atoms with Crippen molar-refractivity contribution in [2.24, 2.45) is 55.9 Å². The zero-order valence-electron chi connectivity index (χ0n) is 18.7. The quantitative estimate of drug-likeness (QED) is 0.0679. The largest absolute Gasteiger partial charge is 0.480 e. The Bertz CT molecular complexity index is 583. The smallest absolute Gasteiger partial charge is 0.320 e. The van der Waals surface area contributed by atoms with E-state index in [-0.39, 0.29) is 25.0 Å². The lowest BCUT2D eigenvalue weighted by Gasteiger charge is -2.03. The molecule has 0 heterocycles. The lowest BCUT2D eigenvalue weighted by molar-refractivity contribution is -0.139. The van der Waals surface area contributed by atoms with Crippen molar-refractivity contribution in [3.63, 3.8) is 0 Å². The van der Waals surface area contributed by atoms with Crippen LogP contribution in [0.15, 0.2) is 9.98 Å². The second-order valence-electron chi connectivity index (χ2n) is 5.98. The van der Waals surface area contributed by atoms with Crippen molar-refractivity contribution in [3.8, 4) is 0 Å². The van der Waals surface area contributed by atoms with E-state index in [0.717, 1.165) is 0 Å². The van der Waals surface area contributed by atoms with E-state index >= 15 is 0 Å². The molecule has 200 valence electrons. The molecule has 0 amide bonds. The minimum Gasteiger partial charge on any atom is -0.480 e. The Kier molecular flexibility index (Phi) is 28.2. The summed E-state index contributed by atoms with van der Waals surface area (Å²) in [5.41, 5.74) is 39.8. The second kappa shape index (κ2) is 25.5. The SMILES string of the molecule is NC(N)=NCCCC(N)C(=O)O.NC(N)=NCCCC(N)C(=O)O.NCC(=O)O.NCC(=O)O. The number of guanidine groups is 2. The summed E-state index contributed by atoms with van der Waals surface area (Å²) in [6.45, 7) is 0.284. The Balaban J connectivity index is -0.000000191. The van der Waals surface area contributed by atoms with E-state index < -0.39 is 36.0 Å². The zero-order valence-corrected chi connectivity index (χ0v) is 18.7. The third-order valence-corrected chi connectivity index (χ3v) is 2.92. The summed E-state index contributed by atoms with van der Waals surface area (Å²) < 4.78 is 0. The molecule has 34 heavy (non-hydrogen) atoms. The van der Waals surface area contributed by atoms with E-state index in [1.165, 1.54) is 0 Å². The van der Waals surface area contributed by atoms with Gasteiger partial charge < -0.3 is 66.3 Å². The average Bonchev–Trinajstić information content (AvgIpc) is 2.74. The average molecular weight is 499 g/mol. The van der Waals surface area contributed by atoms with Gasteiger partial charge in [0.1, 0.15) is 12.1 Å². The maximum Gasteiger partial charge on any atom is 0.320 e. The van der Waals surface area contributed by atoms with Crippen LogP contribution in [0.5, 0.6) is 0 Å². The van der Waals surface area contributed by atoms with Gasteiger partial charge in [-0.15, -0.1) is 0 Å². The first-order chi connectivity index (χ1) is 15.6. The molecule has 0 aromatic carbocycles. The Morgan fingerprint density at radius 1 is 0.618 bits per heavy atom. The molecule has 0 aliphatic heterocycles. The van der Waals surface area contributed by atoms with Crippen LogP contribution in [0.1, 0.15) is 25.7 Å². The first-order valence-corrected chi connectivity index (χ1v) is 9.53. The number of aliphatic carboxylic acids is 4. The highest BCUT2D eigenvalue weighted by Gasteiger charge is 2.10. The van der Waals surface area contributed by atoms with Gasteiger partial charge in [0.15, 0.2) is 11.9 Å². The fraction of sp³-hybridized carbons (Fsp3) is 0.625. The first-order valence-electron chi connectivity index (χ1n) is 9.53. The molecule has 0 saturated carbocycles. The lowest BCUT2D eigenvalue weighted by Crippen LogP contribution is -2.30. The van der Waals surface area contributed by atoms with Crippen molar-refractivity contribution in [1.82, 2.24) is 0 Å². The number of carboxylic acids is 4. The van der Waals surface area contributed by atoms with E-state index in [4.69, 9.17) is 54.8 Å². The van der Waals surface area contributed by atoms with E-state index in [2.05, 4.69) is 21.5 Å². The summed E-state index contributed by atoms with van der Waals surface area (Å²) in [5, 5.41) is 32.0. The van der Waals surface area contributed by atoms with Gasteiger partial charge in [-0.3, -0.25) is 29.2 Å². The first kappa shape index (κ1) is 37.6. The van der Waals surface area contributed by atoms with Crippen molar-refractivity contribution in [2.45, 2.75) is 37.8 Å². The number of carboxylic acid groups (broad SMARTS) is 4. The molecule has 2 unspecified atom stereocenters. The van der Waals surface area contributed by atoms with Crippen LogP contribution in [0.2, 0.25) is 0 Å². The van der Waals surface area contributed by atoms with Crippen molar-refractivity contribution in [2.75, 3.05) is 26.2 Å². The summed E-state index contributed by atoms with van der Waals surface area (Å²) >= 11 is 0. The van der Waals surface area contributed by atoms with Crippen LogP contribution in [-0.2, 0) is 19.2 Å². The summed E-state index contributed by atoms with van der Waals surface area (Å²) in [7, 11) is 0. The zero-order chi connectivity index (χ0) is 27.7. The molecule has 0 saturated heterocycles. The predicted octanol–water partition coefficient (Wildman–Crippen LogP) is -5.04. The van der Waals surface area contributed by atoms with Gasteiger partial charge in [0.2, 0.25) is 0 Å². The maximum atomic E-state index is 10.2. The number of hydrogen-bond acceptors (Lipinski definition) is 10. The Hall–Kier alpha value is -3.74. The van der Waals surface area contributed by atoms with Crippen molar-refractivity contribution in [3.05, 3.63) is 0 Å². The van der Waals surface area contributed by atoms with Crippen LogP contribution in [0.3, 0.4) is 0 Å². The molecule has 2 atom stereocenters. The van der Waals surface area contributed by atoms with Crippen LogP contribution in [0, 0.1) is 0 Å². The Morgan fingerprint density at radius 3 is 1.00 bits per heavy atom. The van der Waals surface area contributed by atoms with E-state index in [1.54, 1.807) is 0 Å². The van der Waals surface area contributed by atoms with Gasteiger partial charge in [-0.2, -0.15) is 0 Å². The van der Waals surface area contributed by atoms with Gasteiger partial charge in [-0.05, 0) is 25.7 Å². The van der Waals surface area contributed by atoms with E-state index in [9.17, 15) is 19.2 Å². The van der Waals surface area contributed by atoms with Crippen LogP contribution >= 0.6 is 0 Å². The van der Waals surface area contributed by atoms with Crippen LogP contribution in [-0.4, -0.2) is 94.5 Å². The lowest BCUT2D eigenvalue weighted by atomic mass is 10.2. The van der Waals surface area contributed by atoms with Crippen LogP contribution < -0.4 is 45.9 Å². The third-order valence-electron chi connectivity index (χ3n) is 2.92. The molecule has 0 rings (SSSR count). The van der Waals surface area contributed by atoms with Gasteiger partial charge >= 0.3 is 23.9 Å².